The summed E-state index contributed by atoms with van der Waals surface area (Å²) in [6.07, 6.45) is 3.57. The summed E-state index contributed by atoms with van der Waals surface area (Å²) in [7, 11) is 0.00208. The number of hydrogen-bond acceptors (Lipinski definition) is 1. The van der Waals surface area contributed by atoms with Crippen LogP contribution in [0.5, 0.6) is 0 Å². The van der Waals surface area contributed by atoms with E-state index in [2.05, 4.69) is 33.4 Å². The van der Waals surface area contributed by atoms with Crippen LogP contribution in [0.4, 0.5) is 0 Å². The zero-order valence-electron chi connectivity index (χ0n) is 8.63. The fourth-order valence-electron chi connectivity index (χ4n) is 1.66. The van der Waals surface area contributed by atoms with Crippen LogP contribution in [0.25, 0.3) is 0 Å². The molecule has 0 saturated heterocycles. The Morgan fingerprint density at radius 2 is 2.25 bits per heavy atom. The van der Waals surface area contributed by atoms with E-state index in [0.717, 1.165) is 5.92 Å². The van der Waals surface area contributed by atoms with E-state index in [9.17, 15) is 0 Å². The Morgan fingerprint density at radius 3 is 2.67 bits per heavy atom. The third kappa shape index (κ3) is 2.37. The molecule has 0 N–H and O–H groups in total. The highest BCUT2D eigenvalue weighted by Crippen LogP contribution is 2.30. The highest BCUT2D eigenvalue weighted by Gasteiger charge is 2.22. The monoisotopic (exact) mass is 184 g/mol. The van der Waals surface area contributed by atoms with E-state index >= 15 is 0 Å². The summed E-state index contributed by atoms with van der Waals surface area (Å²) in [5, 5.41) is 0. The standard InChI is InChI=1S/C10H20OSi/c1-7-5-8(2)10(6-7)11-9(3)12-4/h6-9H,5,12H2,1-4H3. The second-order valence-corrected chi connectivity index (χ2v) is 5.99. The smallest absolute Gasteiger partial charge is 0.0949 e. The van der Waals surface area contributed by atoms with Crippen molar-refractivity contribution in [3.63, 3.8) is 0 Å². The van der Waals surface area contributed by atoms with Crippen molar-refractivity contribution in [2.75, 3.05) is 0 Å². The van der Waals surface area contributed by atoms with Gasteiger partial charge in [-0.05, 0) is 25.3 Å². The third-order valence-corrected chi connectivity index (χ3v) is 3.89. The van der Waals surface area contributed by atoms with Gasteiger partial charge in [0.25, 0.3) is 0 Å². The van der Waals surface area contributed by atoms with Gasteiger partial charge < -0.3 is 4.74 Å². The van der Waals surface area contributed by atoms with E-state index in [4.69, 9.17) is 4.74 Å². The second-order valence-electron chi connectivity index (χ2n) is 4.02. The van der Waals surface area contributed by atoms with Gasteiger partial charge >= 0.3 is 0 Å². The van der Waals surface area contributed by atoms with E-state index in [1.807, 2.05) is 0 Å². The van der Waals surface area contributed by atoms with E-state index in [0.29, 0.717) is 11.6 Å². The first-order valence-electron chi connectivity index (χ1n) is 5.01. The summed E-state index contributed by atoms with van der Waals surface area (Å²) in [5.74, 6) is 2.63. The molecule has 0 aromatic heterocycles. The van der Waals surface area contributed by atoms with E-state index in [-0.39, 0.29) is 9.52 Å². The number of allylic oxidation sites excluding steroid dienone is 2. The lowest BCUT2D eigenvalue weighted by Crippen LogP contribution is -2.15. The Kier molecular flexibility index (Phi) is 3.38. The molecule has 0 bridgehead atoms. The van der Waals surface area contributed by atoms with Gasteiger partial charge in [0.2, 0.25) is 0 Å². The van der Waals surface area contributed by atoms with Crippen LogP contribution < -0.4 is 0 Å². The van der Waals surface area contributed by atoms with Crippen LogP contribution in [0, 0.1) is 11.8 Å². The number of ether oxygens (including phenoxy) is 1. The van der Waals surface area contributed by atoms with Crippen molar-refractivity contribution in [2.45, 2.75) is 39.5 Å². The minimum absolute atomic E-state index is 0.00208. The van der Waals surface area contributed by atoms with Gasteiger partial charge in [0.15, 0.2) is 0 Å². The zero-order valence-corrected chi connectivity index (χ0v) is 10.0. The molecular weight excluding hydrogens is 164 g/mol. The van der Waals surface area contributed by atoms with Gasteiger partial charge in [0, 0.05) is 5.92 Å². The summed E-state index contributed by atoms with van der Waals surface area (Å²) in [4.78, 5) is 0. The summed E-state index contributed by atoms with van der Waals surface area (Å²) in [6.45, 7) is 9.03. The Hall–Kier alpha value is -0.243. The summed E-state index contributed by atoms with van der Waals surface area (Å²) in [5.41, 5.74) is 0.518. The average Bonchev–Trinajstić information content (AvgIpc) is 2.30. The molecule has 3 unspecified atom stereocenters. The second kappa shape index (κ2) is 4.12. The first-order valence-corrected chi connectivity index (χ1v) is 7.25. The predicted molar refractivity (Wildman–Crippen MR) is 56.0 cm³/mol. The highest BCUT2D eigenvalue weighted by atomic mass is 28.2. The first-order chi connectivity index (χ1) is 5.63. The molecular formula is C10H20OSi. The molecule has 12 heavy (non-hydrogen) atoms. The highest BCUT2D eigenvalue weighted by molar-refractivity contribution is 6.35. The molecule has 3 atom stereocenters. The molecule has 0 saturated carbocycles. The summed E-state index contributed by atoms with van der Waals surface area (Å²) < 4.78 is 5.87. The van der Waals surface area contributed by atoms with E-state index < -0.39 is 0 Å². The lowest BCUT2D eigenvalue weighted by molar-refractivity contribution is 0.168. The minimum Gasteiger partial charge on any atom is -0.500 e. The van der Waals surface area contributed by atoms with Crippen molar-refractivity contribution >= 4 is 9.52 Å². The minimum atomic E-state index is 0.00208. The predicted octanol–water partition coefficient (Wildman–Crippen LogP) is 2.13. The van der Waals surface area contributed by atoms with Crippen LogP contribution in [0.2, 0.25) is 6.55 Å². The average molecular weight is 184 g/mol. The molecule has 0 aromatic rings. The Morgan fingerprint density at radius 1 is 1.58 bits per heavy atom. The van der Waals surface area contributed by atoms with Gasteiger partial charge in [0.05, 0.1) is 21.0 Å². The van der Waals surface area contributed by atoms with Gasteiger partial charge in [-0.2, -0.15) is 0 Å². The molecule has 2 heteroatoms. The molecule has 0 heterocycles. The van der Waals surface area contributed by atoms with Crippen LogP contribution in [0.15, 0.2) is 11.8 Å². The van der Waals surface area contributed by atoms with Crippen molar-refractivity contribution in [2.24, 2.45) is 11.8 Å². The molecule has 1 aliphatic carbocycles. The van der Waals surface area contributed by atoms with Crippen molar-refractivity contribution in [3.05, 3.63) is 11.8 Å². The molecule has 70 valence electrons. The number of rotatable bonds is 3. The molecule has 0 radical (unpaired) electrons. The maximum absolute atomic E-state index is 5.87. The molecule has 1 rings (SSSR count). The molecule has 0 spiro atoms. The Balaban J connectivity index is 2.46. The van der Waals surface area contributed by atoms with Gasteiger partial charge in [-0.15, -0.1) is 0 Å². The summed E-state index contributed by atoms with van der Waals surface area (Å²) >= 11 is 0. The summed E-state index contributed by atoms with van der Waals surface area (Å²) in [6, 6.07) is 0. The van der Waals surface area contributed by atoms with Crippen LogP contribution in [-0.4, -0.2) is 15.2 Å². The lowest BCUT2D eigenvalue weighted by atomic mass is 10.1. The first kappa shape index (κ1) is 9.84. The fourth-order valence-corrected chi connectivity index (χ4v) is 2.02. The molecule has 0 aromatic carbocycles. The van der Waals surface area contributed by atoms with Crippen molar-refractivity contribution in [1.82, 2.24) is 0 Å². The Labute approximate surface area is 78.0 Å². The van der Waals surface area contributed by atoms with Crippen LogP contribution in [0.3, 0.4) is 0 Å². The molecule has 0 aliphatic heterocycles. The normalized spacial score (nSPS) is 32.5. The molecule has 0 amide bonds. The fraction of sp³-hybridized carbons (Fsp3) is 0.800. The maximum Gasteiger partial charge on any atom is 0.0949 e. The zero-order chi connectivity index (χ0) is 9.14. The van der Waals surface area contributed by atoms with Gasteiger partial charge in [0.1, 0.15) is 0 Å². The Bertz CT molecular complexity index is 177. The van der Waals surface area contributed by atoms with Crippen molar-refractivity contribution in [3.8, 4) is 0 Å². The van der Waals surface area contributed by atoms with Crippen molar-refractivity contribution in [1.29, 1.82) is 0 Å². The third-order valence-electron chi connectivity index (χ3n) is 2.57. The van der Waals surface area contributed by atoms with Crippen LogP contribution in [0.1, 0.15) is 27.2 Å². The van der Waals surface area contributed by atoms with Gasteiger partial charge in [-0.25, -0.2) is 0 Å². The van der Waals surface area contributed by atoms with Crippen molar-refractivity contribution < 1.29 is 4.74 Å². The van der Waals surface area contributed by atoms with Crippen LogP contribution >= 0.6 is 0 Å². The quantitative estimate of drug-likeness (QED) is 0.611. The van der Waals surface area contributed by atoms with E-state index in [1.165, 1.54) is 12.2 Å². The lowest BCUT2D eigenvalue weighted by Gasteiger charge is -2.16. The topological polar surface area (TPSA) is 9.23 Å². The molecule has 1 nitrogen and oxygen atoms in total. The largest absolute Gasteiger partial charge is 0.500 e. The van der Waals surface area contributed by atoms with Crippen LogP contribution in [-0.2, 0) is 4.74 Å². The maximum atomic E-state index is 5.87. The van der Waals surface area contributed by atoms with E-state index in [1.54, 1.807) is 0 Å². The molecule has 1 aliphatic rings. The molecule has 0 fully saturated rings. The van der Waals surface area contributed by atoms with Gasteiger partial charge in [-0.1, -0.05) is 20.4 Å². The number of hydrogen-bond donors (Lipinski definition) is 0. The SMILES string of the molecule is C[SiH2]C(C)OC1=CC(C)CC1C. The van der Waals surface area contributed by atoms with Gasteiger partial charge in [-0.3, -0.25) is 0 Å².